The van der Waals surface area contributed by atoms with Crippen molar-refractivity contribution >= 4 is 38.5 Å². The first kappa shape index (κ1) is 15.9. The lowest BCUT2D eigenvalue weighted by atomic mass is 9.99. The fourth-order valence-electron chi connectivity index (χ4n) is 1.99. The molecular formula is C15H12BrF2IO. The first-order valence-electron chi connectivity index (χ1n) is 5.97. The number of benzene rings is 2. The molecule has 0 saturated carbocycles. The summed E-state index contributed by atoms with van der Waals surface area (Å²) in [7, 11) is 0. The lowest BCUT2D eigenvalue weighted by Gasteiger charge is -2.15. The highest BCUT2D eigenvalue weighted by atomic mass is 127. The van der Waals surface area contributed by atoms with Crippen molar-refractivity contribution < 1.29 is 13.9 Å². The molecule has 20 heavy (non-hydrogen) atoms. The van der Waals surface area contributed by atoms with Gasteiger partial charge in [0, 0.05) is 15.6 Å². The minimum absolute atomic E-state index is 0.101. The van der Waals surface area contributed by atoms with Gasteiger partial charge in [0.1, 0.15) is 11.6 Å². The molecule has 0 bridgehead atoms. The molecule has 0 aromatic heterocycles. The standard InChI is InChI=1S/C15H12BrF2IO/c1-8-3-2-4-9(15(8)19)13(20)7-10-12(17)6-5-11(16)14(10)18/h2-6,13,20H,7H2,1H3. The maximum absolute atomic E-state index is 13.9. The van der Waals surface area contributed by atoms with Crippen LogP contribution in [0.2, 0.25) is 0 Å². The van der Waals surface area contributed by atoms with E-state index in [1.165, 1.54) is 12.1 Å². The normalized spacial score (nSPS) is 12.5. The van der Waals surface area contributed by atoms with Crippen molar-refractivity contribution in [2.75, 3.05) is 0 Å². The highest BCUT2D eigenvalue weighted by Crippen LogP contribution is 2.29. The van der Waals surface area contributed by atoms with E-state index in [4.69, 9.17) is 0 Å². The Morgan fingerprint density at radius 1 is 1.25 bits per heavy atom. The predicted molar refractivity (Wildman–Crippen MR) is 86.6 cm³/mol. The van der Waals surface area contributed by atoms with Gasteiger partial charge in [-0.2, -0.15) is 0 Å². The molecule has 5 heteroatoms. The van der Waals surface area contributed by atoms with Crippen LogP contribution in [0.25, 0.3) is 0 Å². The number of hydrogen-bond acceptors (Lipinski definition) is 1. The minimum Gasteiger partial charge on any atom is -0.388 e. The van der Waals surface area contributed by atoms with E-state index in [1.54, 1.807) is 6.07 Å². The van der Waals surface area contributed by atoms with Gasteiger partial charge in [0.05, 0.1) is 10.6 Å². The molecular weight excluding hydrogens is 441 g/mol. The van der Waals surface area contributed by atoms with Gasteiger partial charge < -0.3 is 5.11 Å². The molecule has 106 valence electrons. The summed E-state index contributed by atoms with van der Waals surface area (Å²) in [4.78, 5) is 0. The molecule has 0 fully saturated rings. The Balaban J connectivity index is 2.35. The van der Waals surface area contributed by atoms with Crippen LogP contribution in [-0.2, 0) is 6.42 Å². The monoisotopic (exact) mass is 452 g/mol. The quantitative estimate of drug-likeness (QED) is 0.517. The zero-order chi connectivity index (χ0) is 14.9. The van der Waals surface area contributed by atoms with Crippen LogP contribution in [0.4, 0.5) is 8.78 Å². The highest BCUT2D eigenvalue weighted by molar-refractivity contribution is 14.1. The summed E-state index contributed by atoms with van der Waals surface area (Å²) in [5.74, 6) is -1.31. The second-order valence-electron chi connectivity index (χ2n) is 4.52. The molecule has 0 amide bonds. The summed E-state index contributed by atoms with van der Waals surface area (Å²) >= 11 is 5.16. The van der Waals surface area contributed by atoms with Crippen molar-refractivity contribution in [2.24, 2.45) is 0 Å². The summed E-state index contributed by atoms with van der Waals surface area (Å²) in [5, 5.41) is 10.3. The molecule has 2 aromatic carbocycles. The SMILES string of the molecule is Cc1cccc(C(O)Cc2c(F)ccc(Br)c2F)c1I. The molecule has 0 radical (unpaired) electrons. The fourth-order valence-corrected chi connectivity index (χ4v) is 3.08. The third kappa shape index (κ3) is 3.20. The molecule has 1 N–H and O–H groups in total. The third-order valence-corrected chi connectivity index (χ3v) is 5.20. The lowest BCUT2D eigenvalue weighted by molar-refractivity contribution is 0.174. The van der Waals surface area contributed by atoms with Gasteiger partial charge >= 0.3 is 0 Å². The first-order chi connectivity index (χ1) is 9.41. The number of hydrogen-bond donors (Lipinski definition) is 1. The number of rotatable bonds is 3. The molecule has 0 aliphatic heterocycles. The third-order valence-electron chi connectivity index (χ3n) is 3.12. The largest absolute Gasteiger partial charge is 0.388 e. The number of aliphatic hydroxyl groups excluding tert-OH is 1. The number of aryl methyl sites for hydroxylation is 1. The van der Waals surface area contributed by atoms with Crippen molar-refractivity contribution in [3.05, 3.63) is 66.7 Å². The van der Waals surface area contributed by atoms with Crippen molar-refractivity contribution in [3.8, 4) is 0 Å². The second-order valence-corrected chi connectivity index (χ2v) is 6.45. The summed E-state index contributed by atoms with van der Waals surface area (Å²) < 4.78 is 28.7. The second kappa shape index (κ2) is 6.49. The van der Waals surface area contributed by atoms with E-state index in [0.29, 0.717) is 5.56 Å². The molecule has 0 saturated heterocycles. The molecule has 0 aliphatic carbocycles. The lowest BCUT2D eigenvalue weighted by Crippen LogP contribution is -2.08. The van der Waals surface area contributed by atoms with Crippen LogP contribution >= 0.6 is 38.5 Å². The molecule has 0 heterocycles. The number of aliphatic hydroxyl groups is 1. The van der Waals surface area contributed by atoms with Crippen molar-refractivity contribution in [3.63, 3.8) is 0 Å². The molecule has 1 nitrogen and oxygen atoms in total. The Morgan fingerprint density at radius 3 is 2.65 bits per heavy atom. The van der Waals surface area contributed by atoms with Crippen LogP contribution in [0.3, 0.4) is 0 Å². The van der Waals surface area contributed by atoms with Gasteiger partial charge in [-0.15, -0.1) is 0 Å². The van der Waals surface area contributed by atoms with Gasteiger partial charge in [0.15, 0.2) is 0 Å². The van der Waals surface area contributed by atoms with Crippen LogP contribution in [0.5, 0.6) is 0 Å². The predicted octanol–water partition coefficient (Wildman–Crippen LogP) is 4.92. The van der Waals surface area contributed by atoms with Gasteiger partial charge in [-0.1, -0.05) is 18.2 Å². The van der Waals surface area contributed by atoms with Crippen LogP contribution in [0.1, 0.15) is 22.8 Å². The van der Waals surface area contributed by atoms with Crippen molar-refractivity contribution in [2.45, 2.75) is 19.4 Å². The minimum atomic E-state index is -0.944. The van der Waals surface area contributed by atoms with Gasteiger partial charge in [-0.3, -0.25) is 0 Å². The molecule has 0 aliphatic rings. The van der Waals surface area contributed by atoms with E-state index in [1.807, 2.05) is 19.1 Å². The molecule has 2 rings (SSSR count). The molecule has 1 unspecified atom stereocenters. The maximum atomic E-state index is 13.9. The first-order valence-corrected chi connectivity index (χ1v) is 7.84. The Hall–Kier alpha value is -0.530. The van der Waals surface area contributed by atoms with Crippen LogP contribution in [0, 0.1) is 22.1 Å². The summed E-state index contributed by atoms with van der Waals surface area (Å²) in [6.45, 7) is 1.93. The van der Waals surface area contributed by atoms with E-state index in [0.717, 1.165) is 9.13 Å². The van der Waals surface area contributed by atoms with Gasteiger partial charge in [0.25, 0.3) is 0 Å². The Labute approximate surface area is 138 Å². The zero-order valence-electron chi connectivity index (χ0n) is 10.6. The Bertz CT molecular complexity index is 646. The van der Waals surface area contributed by atoms with E-state index < -0.39 is 17.7 Å². The summed E-state index contributed by atoms with van der Waals surface area (Å²) in [5.41, 5.74) is 1.60. The van der Waals surface area contributed by atoms with E-state index in [2.05, 4.69) is 38.5 Å². The summed E-state index contributed by atoms with van der Waals surface area (Å²) in [6.07, 6.45) is -1.04. The van der Waals surface area contributed by atoms with Crippen LogP contribution in [-0.4, -0.2) is 5.11 Å². The van der Waals surface area contributed by atoms with E-state index in [-0.39, 0.29) is 16.5 Å². The molecule has 0 spiro atoms. The topological polar surface area (TPSA) is 20.2 Å². The smallest absolute Gasteiger partial charge is 0.143 e. The Morgan fingerprint density at radius 2 is 1.95 bits per heavy atom. The van der Waals surface area contributed by atoms with Crippen molar-refractivity contribution in [1.82, 2.24) is 0 Å². The van der Waals surface area contributed by atoms with Gasteiger partial charge in [0.2, 0.25) is 0 Å². The average molecular weight is 453 g/mol. The fraction of sp³-hybridized carbons (Fsp3) is 0.200. The molecule has 1 atom stereocenters. The van der Waals surface area contributed by atoms with E-state index >= 15 is 0 Å². The average Bonchev–Trinajstić information content (AvgIpc) is 2.42. The van der Waals surface area contributed by atoms with Gasteiger partial charge in [-0.25, -0.2) is 8.78 Å². The summed E-state index contributed by atoms with van der Waals surface area (Å²) in [6, 6.07) is 8.03. The van der Waals surface area contributed by atoms with Gasteiger partial charge in [-0.05, 0) is 68.7 Å². The van der Waals surface area contributed by atoms with Crippen molar-refractivity contribution in [1.29, 1.82) is 0 Å². The van der Waals surface area contributed by atoms with Crippen LogP contribution < -0.4 is 0 Å². The van der Waals surface area contributed by atoms with Crippen LogP contribution in [0.15, 0.2) is 34.8 Å². The highest BCUT2D eigenvalue weighted by Gasteiger charge is 2.19. The number of halogens is 4. The van der Waals surface area contributed by atoms with E-state index in [9.17, 15) is 13.9 Å². The zero-order valence-corrected chi connectivity index (χ0v) is 14.4. The maximum Gasteiger partial charge on any atom is 0.143 e. The Kier molecular flexibility index (Phi) is 5.14. The molecule has 2 aromatic rings.